The maximum Gasteiger partial charge on any atom is 0.208 e. The molecule has 0 unspecified atom stereocenters. The van der Waals surface area contributed by atoms with Gasteiger partial charge in [-0.25, -0.2) is 0 Å². The number of hydrogen-bond acceptors (Lipinski definition) is 11. The Kier molecular flexibility index (Phi) is 14.7. The number of para-hydroxylation sites is 1. The molecule has 0 fully saturated rings. The van der Waals surface area contributed by atoms with Crippen molar-refractivity contribution in [1.82, 2.24) is 0 Å². The monoisotopic (exact) mass is 934 g/mol. The second kappa shape index (κ2) is 21.2. The lowest BCUT2D eigenvalue weighted by Crippen LogP contribution is -2.10. The zero-order chi connectivity index (χ0) is 50.2. The highest BCUT2D eigenvalue weighted by molar-refractivity contribution is 5.99. The van der Waals surface area contributed by atoms with Crippen molar-refractivity contribution in [3.63, 3.8) is 0 Å². The van der Waals surface area contributed by atoms with E-state index >= 15 is 0 Å². The van der Waals surface area contributed by atoms with Gasteiger partial charge in [-0.3, -0.25) is 0 Å². The van der Waals surface area contributed by atoms with Gasteiger partial charge in [-0.05, 0) is 108 Å². The molecule has 0 heterocycles. The standard InChI is InChI=1S/C53H40N2O9.C3H8.C3H6/c1-30-45(56)47(58)43(48(59)46(30)57)34-18-26-38(27-19-34)54(36-10-3-2-4-11-36)37-22-14-31(15-23-37)32-16-24-39(25-17-32)55(42-13-7-9-33-8-5-6-12-41(33)42)40-28-20-35(21-29-40)44-49(60)51(62)53(64)52(63)50(44)61;2*1-3-2/h2-29,56-64H,1H3;3H2,1-2H3;3H,1H2,2H3. The number of benzene rings is 9. The number of phenols is 9. The lowest BCUT2D eigenvalue weighted by Gasteiger charge is -2.27. The van der Waals surface area contributed by atoms with Crippen LogP contribution in [0.15, 0.2) is 183 Å². The molecule has 0 radical (unpaired) electrons. The molecule has 0 atom stereocenters. The third kappa shape index (κ3) is 9.49. The first kappa shape index (κ1) is 48.7. The molecule has 9 N–H and O–H groups in total. The van der Waals surface area contributed by atoms with Gasteiger partial charge >= 0.3 is 0 Å². The summed E-state index contributed by atoms with van der Waals surface area (Å²) in [6.45, 7) is 10.9. The van der Waals surface area contributed by atoms with E-state index in [2.05, 4.69) is 30.2 Å². The van der Waals surface area contributed by atoms with Crippen molar-refractivity contribution < 1.29 is 46.0 Å². The van der Waals surface area contributed by atoms with E-state index in [0.717, 1.165) is 56.0 Å². The van der Waals surface area contributed by atoms with Gasteiger partial charge in [0.2, 0.25) is 17.2 Å². The van der Waals surface area contributed by atoms with E-state index in [9.17, 15) is 46.0 Å². The van der Waals surface area contributed by atoms with Gasteiger partial charge in [0.05, 0.1) is 16.8 Å². The van der Waals surface area contributed by atoms with E-state index in [1.807, 2.05) is 140 Å². The lowest BCUT2D eigenvalue weighted by atomic mass is 9.99. The van der Waals surface area contributed by atoms with Crippen molar-refractivity contribution in [2.45, 2.75) is 34.1 Å². The summed E-state index contributed by atoms with van der Waals surface area (Å²) in [6.07, 6.45) is 3.00. The van der Waals surface area contributed by atoms with E-state index in [1.165, 1.54) is 13.3 Å². The fourth-order valence-electron chi connectivity index (χ4n) is 8.06. The molecule has 9 aromatic carbocycles. The van der Waals surface area contributed by atoms with Crippen molar-refractivity contribution in [3.8, 4) is 85.1 Å². The van der Waals surface area contributed by atoms with Crippen LogP contribution in [0, 0.1) is 6.92 Å². The summed E-state index contributed by atoms with van der Waals surface area (Å²) < 4.78 is 0. The van der Waals surface area contributed by atoms with Gasteiger partial charge in [0.1, 0.15) is 0 Å². The van der Waals surface area contributed by atoms with Gasteiger partial charge < -0.3 is 55.8 Å². The van der Waals surface area contributed by atoms with Crippen molar-refractivity contribution in [2.75, 3.05) is 9.80 Å². The zero-order valence-electron chi connectivity index (χ0n) is 39.1. The first-order valence-electron chi connectivity index (χ1n) is 22.5. The zero-order valence-corrected chi connectivity index (χ0v) is 39.1. The van der Waals surface area contributed by atoms with Crippen LogP contribution in [0.4, 0.5) is 34.1 Å². The maximum absolute atomic E-state index is 10.7. The van der Waals surface area contributed by atoms with Crippen molar-refractivity contribution in [3.05, 3.63) is 188 Å². The molecular weight excluding hydrogens is 881 g/mol. The van der Waals surface area contributed by atoms with Crippen LogP contribution in [0.25, 0.3) is 44.2 Å². The Balaban J connectivity index is 0.00000115. The number of allylic oxidation sites excluding steroid dienone is 1. The molecule has 70 heavy (non-hydrogen) atoms. The minimum atomic E-state index is -1.02. The van der Waals surface area contributed by atoms with Gasteiger partial charge in [-0.1, -0.05) is 129 Å². The molecule has 0 saturated heterocycles. The molecule has 0 spiro atoms. The number of nitrogens with zero attached hydrogens (tertiary/aromatic N) is 2. The van der Waals surface area contributed by atoms with Gasteiger partial charge in [0.25, 0.3) is 0 Å². The first-order chi connectivity index (χ1) is 33.8. The number of hydrogen-bond donors (Lipinski definition) is 9. The smallest absolute Gasteiger partial charge is 0.208 e. The predicted octanol–water partition coefficient (Wildman–Crippen LogP) is 15.0. The van der Waals surface area contributed by atoms with Crippen molar-refractivity contribution in [1.29, 1.82) is 0 Å². The molecular formula is C59H54N2O9. The molecule has 0 aromatic heterocycles. The number of rotatable bonds is 9. The predicted molar refractivity (Wildman–Crippen MR) is 281 cm³/mol. The Morgan fingerprint density at radius 2 is 0.686 bits per heavy atom. The van der Waals surface area contributed by atoms with Gasteiger partial charge in [0, 0.05) is 39.4 Å². The molecule has 0 aliphatic heterocycles. The molecule has 0 aliphatic carbocycles. The summed E-state index contributed by atoms with van der Waals surface area (Å²) in [6, 6.07) is 54.0. The highest BCUT2D eigenvalue weighted by Crippen LogP contribution is 2.55. The average Bonchev–Trinajstić information content (AvgIpc) is 3.39. The fourth-order valence-corrected chi connectivity index (χ4v) is 8.06. The average molecular weight is 935 g/mol. The summed E-state index contributed by atoms with van der Waals surface area (Å²) in [7, 11) is 0. The Labute approximate surface area is 406 Å². The van der Waals surface area contributed by atoms with E-state index in [4.69, 9.17) is 0 Å². The van der Waals surface area contributed by atoms with E-state index in [0.29, 0.717) is 5.56 Å². The number of fused-ring (bicyclic) bond motifs is 1. The maximum atomic E-state index is 10.7. The topological polar surface area (TPSA) is 189 Å². The van der Waals surface area contributed by atoms with Crippen LogP contribution in [0.2, 0.25) is 0 Å². The molecule has 0 saturated carbocycles. The third-order valence-corrected chi connectivity index (χ3v) is 11.4. The van der Waals surface area contributed by atoms with Gasteiger partial charge in [-0.15, -0.1) is 6.58 Å². The molecule has 0 amide bonds. The first-order valence-corrected chi connectivity index (χ1v) is 22.5. The van der Waals surface area contributed by atoms with Crippen LogP contribution in [0.1, 0.15) is 32.8 Å². The summed E-state index contributed by atoms with van der Waals surface area (Å²) in [5.41, 5.74) is 7.26. The van der Waals surface area contributed by atoms with Crippen LogP contribution in [0.3, 0.4) is 0 Å². The highest BCUT2D eigenvalue weighted by atomic mass is 16.4. The number of anilines is 6. The SMILES string of the molecule is C=CC.CCC.Cc1c(O)c(O)c(-c2ccc(N(c3ccccc3)c3ccc(-c4ccc(N(c5ccc(-c6c(O)c(O)c(O)c(O)c6O)cc5)c5cccc6ccccc56)cc4)cc3)cc2)c(O)c1O. The van der Waals surface area contributed by atoms with Crippen LogP contribution >= 0.6 is 0 Å². The van der Waals surface area contributed by atoms with Crippen molar-refractivity contribution >= 4 is 44.9 Å². The summed E-state index contributed by atoms with van der Waals surface area (Å²) in [5.74, 6) is -6.54. The van der Waals surface area contributed by atoms with E-state index in [1.54, 1.807) is 42.5 Å². The van der Waals surface area contributed by atoms with Gasteiger partial charge in [0.15, 0.2) is 34.5 Å². The van der Waals surface area contributed by atoms with Crippen LogP contribution in [-0.2, 0) is 0 Å². The van der Waals surface area contributed by atoms with E-state index in [-0.39, 0.29) is 22.3 Å². The van der Waals surface area contributed by atoms with Crippen LogP contribution in [0.5, 0.6) is 51.7 Å². The Hall–Kier alpha value is -9.22. The molecule has 0 aliphatic rings. The minimum absolute atomic E-state index is 0.0272. The van der Waals surface area contributed by atoms with Gasteiger partial charge in [-0.2, -0.15) is 0 Å². The van der Waals surface area contributed by atoms with Crippen LogP contribution in [-0.4, -0.2) is 46.0 Å². The summed E-state index contributed by atoms with van der Waals surface area (Å²) in [4.78, 5) is 4.14. The van der Waals surface area contributed by atoms with E-state index < -0.39 is 51.7 Å². The second-order valence-corrected chi connectivity index (χ2v) is 16.3. The summed E-state index contributed by atoms with van der Waals surface area (Å²) >= 11 is 0. The summed E-state index contributed by atoms with van der Waals surface area (Å²) in [5, 5.41) is 95.7. The molecule has 354 valence electrons. The fraction of sp³-hybridized carbons (Fsp3) is 0.0847. The molecule has 11 heteroatoms. The Morgan fingerprint density at radius 3 is 1.11 bits per heavy atom. The minimum Gasteiger partial charge on any atom is -0.504 e. The molecule has 0 bridgehead atoms. The van der Waals surface area contributed by atoms with Crippen LogP contribution < -0.4 is 9.80 Å². The molecule has 9 rings (SSSR count). The molecule has 9 aromatic rings. The second-order valence-electron chi connectivity index (χ2n) is 16.3. The quantitative estimate of drug-likeness (QED) is 0.0381. The normalized spacial score (nSPS) is 10.6. The largest absolute Gasteiger partial charge is 0.504 e. The third-order valence-electron chi connectivity index (χ3n) is 11.4. The number of aromatic hydroxyl groups is 9. The number of phenolic OH excluding ortho intramolecular Hbond substituents is 9. The Bertz CT molecular complexity index is 3200. The molecule has 11 nitrogen and oxygen atoms in total. The lowest BCUT2D eigenvalue weighted by molar-refractivity contribution is 0.330. The van der Waals surface area contributed by atoms with Crippen molar-refractivity contribution in [2.24, 2.45) is 0 Å². The highest BCUT2D eigenvalue weighted by Gasteiger charge is 2.26. The Morgan fingerprint density at radius 1 is 0.371 bits per heavy atom.